The molecule has 0 spiro atoms. The highest BCUT2D eigenvalue weighted by atomic mass is 16.6. The fourth-order valence-electron chi connectivity index (χ4n) is 1.51. The minimum absolute atomic E-state index is 0.262. The predicted octanol–water partition coefficient (Wildman–Crippen LogP) is -3.17. The van der Waals surface area contributed by atoms with Crippen molar-refractivity contribution in [3.63, 3.8) is 0 Å². The quantitative estimate of drug-likeness (QED) is 0.427. The molecule has 2 rings (SSSR count). The Morgan fingerprint density at radius 3 is 2.88 bits per heavy atom. The second kappa shape index (κ2) is 4.37. The van der Waals surface area contributed by atoms with Crippen LogP contribution in [0.3, 0.4) is 0 Å². The van der Waals surface area contributed by atoms with Gasteiger partial charge in [0.15, 0.2) is 6.23 Å². The van der Waals surface area contributed by atoms with Gasteiger partial charge in [-0.2, -0.15) is 4.98 Å². The van der Waals surface area contributed by atoms with Crippen LogP contribution in [0.2, 0.25) is 0 Å². The number of aliphatic hydroxyl groups is 3. The van der Waals surface area contributed by atoms with Crippen molar-refractivity contribution < 1.29 is 21.4 Å². The summed E-state index contributed by atoms with van der Waals surface area (Å²) in [5.74, 6) is -0.262. The van der Waals surface area contributed by atoms with E-state index in [4.69, 9.17) is 16.9 Å². The van der Waals surface area contributed by atoms with Gasteiger partial charge in [0.25, 0.3) is 0 Å². The van der Waals surface area contributed by atoms with E-state index in [0.717, 1.165) is 10.9 Å². The Bertz CT molecular complexity index is 507. The summed E-state index contributed by atoms with van der Waals surface area (Å²) < 4.78 is 13.4. The summed E-state index contributed by atoms with van der Waals surface area (Å²) >= 11 is 0. The van der Waals surface area contributed by atoms with E-state index in [0.29, 0.717) is 0 Å². The second-order valence-electron chi connectivity index (χ2n) is 3.48. The smallest absolute Gasteiger partial charge is 0.354 e. The van der Waals surface area contributed by atoms with Crippen molar-refractivity contribution in [3.8, 4) is 0 Å². The van der Waals surface area contributed by atoms with Crippen molar-refractivity contribution in [2.45, 2.75) is 24.5 Å². The van der Waals surface area contributed by atoms with Crippen LogP contribution in [0.4, 0.5) is 5.95 Å². The van der Waals surface area contributed by atoms with Gasteiger partial charge in [0.05, 0.1) is 7.98 Å². The van der Waals surface area contributed by atoms with Crippen LogP contribution >= 0.6 is 0 Å². The molecule has 4 atom stereocenters. The first kappa shape index (κ1) is 10.6. The molecule has 1 saturated heterocycles. The zero-order valence-electron chi connectivity index (χ0n) is 9.59. The highest BCUT2D eigenvalue weighted by molar-refractivity contribution is 5.10. The zero-order valence-corrected chi connectivity index (χ0v) is 8.59. The molecule has 1 aromatic rings. The summed E-state index contributed by atoms with van der Waals surface area (Å²) in [6, 6.07) is 0. The first-order chi connectivity index (χ1) is 8.37. The van der Waals surface area contributed by atoms with Crippen molar-refractivity contribution in [2.75, 3.05) is 12.3 Å². The Morgan fingerprint density at radius 2 is 2.35 bits per heavy atom. The fraction of sp³-hybridized carbons (Fsp3) is 0.625. The van der Waals surface area contributed by atoms with Crippen LogP contribution in [0.1, 0.15) is 7.60 Å². The molecule has 0 radical (unpaired) electrons. The SMILES string of the molecule is [2H][C@]1(O)C(O)[C@@H](CO)O[C@H]1n1cnc(N)nc1=O. The maximum atomic E-state index is 11.5. The summed E-state index contributed by atoms with van der Waals surface area (Å²) in [4.78, 5) is 18.4. The third-order valence-corrected chi connectivity index (χ3v) is 2.39. The van der Waals surface area contributed by atoms with Gasteiger partial charge in [-0.05, 0) is 0 Å². The van der Waals surface area contributed by atoms with Crippen LogP contribution in [-0.4, -0.2) is 54.7 Å². The molecule has 1 aromatic heterocycles. The molecule has 0 amide bonds. The van der Waals surface area contributed by atoms with Gasteiger partial charge in [0.1, 0.15) is 24.6 Å². The van der Waals surface area contributed by atoms with Gasteiger partial charge in [-0.1, -0.05) is 0 Å². The number of aliphatic hydroxyl groups excluding tert-OH is 2. The number of hydrogen-bond donors (Lipinski definition) is 4. The van der Waals surface area contributed by atoms with Gasteiger partial charge in [-0.25, -0.2) is 9.78 Å². The normalized spacial score (nSPS) is 38.1. The number of nitrogens with two attached hydrogens (primary N) is 1. The Morgan fingerprint density at radius 1 is 1.65 bits per heavy atom. The monoisotopic (exact) mass is 245 g/mol. The van der Waals surface area contributed by atoms with Crippen molar-refractivity contribution in [3.05, 3.63) is 16.8 Å². The molecule has 1 fully saturated rings. The lowest BCUT2D eigenvalue weighted by molar-refractivity contribution is -0.0554. The zero-order chi connectivity index (χ0) is 13.5. The maximum Gasteiger partial charge on any atom is 0.354 e. The molecule has 1 aliphatic rings. The molecule has 5 N–H and O–H groups in total. The molecular formula is C8H12N4O5. The second-order valence-corrected chi connectivity index (χ2v) is 3.48. The van der Waals surface area contributed by atoms with Gasteiger partial charge in [0.2, 0.25) is 5.95 Å². The Hall–Kier alpha value is -1.55. The van der Waals surface area contributed by atoms with Crippen LogP contribution in [0.25, 0.3) is 0 Å². The van der Waals surface area contributed by atoms with E-state index in [1.54, 1.807) is 0 Å². The van der Waals surface area contributed by atoms with Crippen LogP contribution < -0.4 is 11.4 Å². The molecule has 0 aliphatic carbocycles. The number of anilines is 1. The molecule has 0 bridgehead atoms. The molecule has 0 saturated carbocycles. The summed E-state index contributed by atoms with van der Waals surface area (Å²) in [5, 5.41) is 28.3. The number of ether oxygens (including phenoxy) is 1. The number of nitrogens with zero attached hydrogens (tertiary/aromatic N) is 3. The Balaban J connectivity index is 2.42. The highest BCUT2D eigenvalue weighted by Crippen LogP contribution is 2.27. The van der Waals surface area contributed by atoms with Crippen LogP contribution in [0.5, 0.6) is 0 Å². The topological polar surface area (TPSA) is 144 Å². The number of hydrogen-bond acceptors (Lipinski definition) is 8. The Labute approximate surface area is 96.5 Å². The van der Waals surface area contributed by atoms with Crippen molar-refractivity contribution in [2.24, 2.45) is 0 Å². The predicted molar refractivity (Wildman–Crippen MR) is 53.7 cm³/mol. The van der Waals surface area contributed by atoms with E-state index in [9.17, 15) is 15.0 Å². The molecule has 94 valence electrons. The largest absolute Gasteiger partial charge is 0.394 e. The molecule has 0 aromatic carbocycles. The average Bonchev–Trinajstić information content (AvgIpc) is 2.52. The number of aromatic nitrogens is 3. The number of rotatable bonds is 2. The summed E-state index contributed by atoms with van der Waals surface area (Å²) in [6.07, 6.45) is -5.94. The molecule has 9 heteroatoms. The molecule has 1 aliphatic heterocycles. The lowest BCUT2D eigenvalue weighted by Gasteiger charge is -2.16. The average molecular weight is 245 g/mol. The molecule has 2 heterocycles. The van der Waals surface area contributed by atoms with E-state index in [-0.39, 0.29) is 5.95 Å². The summed E-state index contributed by atoms with van der Waals surface area (Å²) in [7, 11) is 0. The van der Waals surface area contributed by atoms with Crippen molar-refractivity contribution in [1.29, 1.82) is 0 Å². The lowest BCUT2D eigenvalue weighted by atomic mass is 10.1. The van der Waals surface area contributed by atoms with E-state index >= 15 is 0 Å². The van der Waals surface area contributed by atoms with Gasteiger partial charge in [-0.15, -0.1) is 0 Å². The van der Waals surface area contributed by atoms with Crippen LogP contribution in [0.15, 0.2) is 11.1 Å². The summed E-state index contributed by atoms with van der Waals surface area (Å²) in [6.45, 7) is -0.608. The minimum atomic E-state index is -2.50. The van der Waals surface area contributed by atoms with Crippen LogP contribution in [-0.2, 0) is 4.74 Å². The van der Waals surface area contributed by atoms with Gasteiger partial charge >= 0.3 is 5.69 Å². The minimum Gasteiger partial charge on any atom is -0.394 e. The highest BCUT2D eigenvalue weighted by Gasteiger charge is 2.43. The molecule has 9 nitrogen and oxygen atoms in total. The first-order valence-corrected chi connectivity index (χ1v) is 4.75. The van der Waals surface area contributed by atoms with Gasteiger partial charge in [-0.3, -0.25) is 4.57 Å². The molecule has 17 heavy (non-hydrogen) atoms. The van der Waals surface area contributed by atoms with Crippen LogP contribution in [0, 0.1) is 0 Å². The van der Waals surface area contributed by atoms with Gasteiger partial charge in [0, 0.05) is 0 Å². The van der Waals surface area contributed by atoms with E-state index in [2.05, 4.69) is 9.97 Å². The standard InChI is InChI=1S/C8H12N4O5/c9-7-10-2-12(8(16)11-7)6-5(15)4(14)3(1-13)17-6/h2-6,13-15H,1H2,(H2,9,11,16)/t3-,4?,5+,6-/m1/s1/i5D. The van der Waals surface area contributed by atoms with E-state index in [1.165, 1.54) is 0 Å². The Kier molecular flexibility index (Phi) is 2.73. The van der Waals surface area contributed by atoms with E-state index in [1.807, 2.05) is 0 Å². The van der Waals surface area contributed by atoms with Crippen molar-refractivity contribution in [1.82, 2.24) is 14.5 Å². The van der Waals surface area contributed by atoms with E-state index < -0.39 is 36.8 Å². The third-order valence-electron chi connectivity index (χ3n) is 2.39. The molecular weight excluding hydrogens is 232 g/mol. The third kappa shape index (κ3) is 2.00. The van der Waals surface area contributed by atoms with Gasteiger partial charge < -0.3 is 25.8 Å². The number of nitrogen functional groups attached to an aromatic ring is 1. The summed E-state index contributed by atoms with van der Waals surface area (Å²) in [5.41, 5.74) is 4.31. The fourth-order valence-corrected chi connectivity index (χ4v) is 1.51. The van der Waals surface area contributed by atoms with Crippen molar-refractivity contribution >= 4 is 5.95 Å². The lowest BCUT2D eigenvalue weighted by Crippen LogP contribution is -2.36. The first-order valence-electron chi connectivity index (χ1n) is 5.25. The molecule has 1 unspecified atom stereocenters. The maximum absolute atomic E-state index is 11.5.